The highest BCUT2D eigenvalue weighted by atomic mass is 19.2. The Bertz CT molecular complexity index is 815. The molecule has 0 aromatic heterocycles. The number of rotatable bonds is 4. The number of hydrogen-bond donors (Lipinski definition) is 1. The molecule has 1 amide bonds. The molecule has 26 heavy (non-hydrogen) atoms. The van der Waals surface area contributed by atoms with Crippen LogP contribution in [-0.4, -0.2) is 35.0 Å². The Balaban J connectivity index is 1.72. The molecule has 1 saturated heterocycles. The molecule has 2 aromatic carbocycles. The molecule has 6 heteroatoms. The molecule has 3 rings (SSSR count). The number of aliphatic carboxylic acids is 1. The van der Waals surface area contributed by atoms with Gasteiger partial charge in [-0.1, -0.05) is 42.5 Å². The van der Waals surface area contributed by atoms with Crippen LogP contribution in [0.2, 0.25) is 0 Å². The molecular weight excluding hydrogens is 340 g/mol. The van der Waals surface area contributed by atoms with Gasteiger partial charge in [-0.05, 0) is 24.5 Å². The fraction of sp³-hybridized carbons (Fsp3) is 0.300. The van der Waals surface area contributed by atoms with Gasteiger partial charge < -0.3 is 10.0 Å². The number of nitrogens with zero attached hydrogens (tertiary/aromatic N) is 1. The largest absolute Gasteiger partial charge is 0.481 e. The second-order valence-electron chi connectivity index (χ2n) is 6.52. The zero-order chi connectivity index (χ0) is 18.7. The minimum atomic E-state index is -1.03. The van der Waals surface area contributed by atoms with Crippen molar-refractivity contribution in [2.45, 2.75) is 24.7 Å². The summed E-state index contributed by atoms with van der Waals surface area (Å²) in [6.07, 6.45) is 0.322. The monoisotopic (exact) mass is 359 g/mol. The maximum absolute atomic E-state index is 13.8. The van der Waals surface area contributed by atoms with E-state index in [2.05, 4.69) is 0 Å². The SMILES string of the molecule is O=C(Cc1cccc(F)c1F)N1CCC(C(=O)O)(c2ccccc2)CC1. The van der Waals surface area contributed by atoms with Crippen molar-refractivity contribution < 1.29 is 23.5 Å². The minimum absolute atomic E-state index is 0.00753. The standard InChI is InChI=1S/C20H19F2NO3/c21-16-8-4-5-14(18(16)22)13-17(24)23-11-9-20(10-12-23,19(25)26)15-6-2-1-3-7-15/h1-8H,9-13H2,(H,25,26). The molecule has 0 unspecified atom stereocenters. The molecule has 1 N–H and O–H groups in total. The third-order valence-corrected chi connectivity index (χ3v) is 5.08. The zero-order valence-corrected chi connectivity index (χ0v) is 14.1. The molecule has 1 heterocycles. The van der Waals surface area contributed by atoms with E-state index in [1.165, 1.54) is 17.0 Å². The Morgan fingerprint density at radius 3 is 2.27 bits per heavy atom. The van der Waals surface area contributed by atoms with Crippen molar-refractivity contribution in [2.75, 3.05) is 13.1 Å². The summed E-state index contributed by atoms with van der Waals surface area (Å²) in [6, 6.07) is 12.7. The normalized spacial score (nSPS) is 16.3. The average Bonchev–Trinajstić information content (AvgIpc) is 2.66. The number of carbonyl (C=O) groups is 2. The molecule has 1 aliphatic rings. The highest BCUT2D eigenvalue weighted by Crippen LogP contribution is 2.36. The first-order valence-electron chi connectivity index (χ1n) is 8.43. The van der Waals surface area contributed by atoms with Crippen molar-refractivity contribution in [1.82, 2.24) is 4.90 Å². The van der Waals surface area contributed by atoms with Crippen LogP contribution in [-0.2, 0) is 21.4 Å². The van der Waals surface area contributed by atoms with E-state index < -0.39 is 23.0 Å². The molecular formula is C20H19F2NO3. The van der Waals surface area contributed by atoms with Crippen molar-refractivity contribution in [3.05, 3.63) is 71.3 Å². The van der Waals surface area contributed by atoms with Crippen LogP contribution < -0.4 is 0 Å². The van der Waals surface area contributed by atoms with E-state index in [1.807, 2.05) is 6.07 Å². The van der Waals surface area contributed by atoms with Crippen LogP contribution in [0.4, 0.5) is 8.78 Å². The summed E-state index contributed by atoms with van der Waals surface area (Å²) in [5, 5.41) is 9.77. The Morgan fingerprint density at radius 1 is 1.00 bits per heavy atom. The third kappa shape index (κ3) is 3.31. The van der Waals surface area contributed by atoms with Crippen LogP contribution in [0.1, 0.15) is 24.0 Å². The maximum atomic E-state index is 13.8. The Hall–Kier alpha value is -2.76. The molecule has 136 valence electrons. The third-order valence-electron chi connectivity index (χ3n) is 5.08. The van der Waals surface area contributed by atoms with Crippen LogP contribution in [0.3, 0.4) is 0 Å². The second-order valence-corrected chi connectivity index (χ2v) is 6.52. The number of carboxylic acids is 1. The second kappa shape index (κ2) is 7.23. The van der Waals surface area contributed by atoms with Gasteiger partial charge in [-0.3, -0.25) is 9.59 Å². The number of piperidine rings is 1. The van der Waals surface area contributed by atoms with Gasteiger partial charge in [0, 0.05) is 18.7 Å². The van der Waals surface area contributed by atoms with E-state index in [9.17, 15) is 23.5 Å². The van der Waals surface area contributed by atoms with Crippen LogP contribution in [0.25, 0.3) is 0 Å². The first kappa shape index (κ1) is 18.0. The lowest BCUT2D eigenvalue weighted by molar-refractivity contribution is -0.148. The smallest absolute Gasteiger partial charge is 0.314 e. The highest BCUT2D eigenvalue weighted by Gasteiger charge is 2.43. The van der Waals surface area contributed by atoms with Gasteiger partial charge in [-0.25, -0.2) is 8.78 Å². The lowest BCUT2D eigenvalue weighted by Gasteiger charge is -2.39. The van der Waals surface area contributed by atoms with Gasteiger partial charge in [-0.2, -0.15) is 0 Å². The van der Waals surface area contributed by atoms with Gasteiger partial charge in [-0.15, -0.1) is 0 Å². The predicted molar refractivity (Wildman–Crippen MR) is 91.6 cm³/mol. The van der Waals surface area contributed by atoms with Crippen molar-refractivity contribution in [3.63, 3.8) is 0 Å². The summed E-state index contributed by atoms with van der Waals surface area (Å²) < 4.78 is 27.0. The quantitative estimate of drug-likeness (QED) is 0.912. The van der Waals surface area contributed by atoms with Crippen molar-refractivity contribution in [1.29, 1.82) is 0 Å². The maximum Gasteiger partial charge on any atom is 0.314 e. The summed E-state index contributed by atoms with van der Waals surface area (Å²) in [7, 11) is 0. The summed E-state index contributed by atoms with van der Waals surface area (Å²) in [5.41, 5.74) is -0.300. The summed E-state index contributed by atoms with van der Waals surface area (Å²) >= 11 is 0. The summed E-state index contributed by atoms with van der Waals surface area (Å²) in [4.78, 5) is 25.9. The molecule has 0 saturated carbocycles. The number of carboxylic acid groups (broad SMARTS) is 1. The number of halogens is 2. The van der Waals surface area contributed by atoms with Crippen molar-refractivity contribution in [3.8, 4) is 0 Å². The fourth-order valence-electron chi connectivity index (χ4n) is 3.48. The molecule has 0 atom stereocenters. The summed E-state index contributed by atoms with van der Waals surface area (Å²) in [5.74, 6) is -3.24. The molecule has 0 spiro atoms. The van der Waals surface area contributed by atoms with Gasteiger partial charge in [0.1, 0.15) is 0 Å². The molecule has 4 nitrogen and oxygen atoms in total. The van der Waals surface area contributed by atoms with Crippen LogP contribution in [0, 0.1) is 11.6 Å². The van der Waals surface area contributed by atoms with Crippen LogP contribution >= 0.6 is 0 Å². The van der Waals surface area contributed by atoms with Crippen LogP contribution in [0.15, 0.2) is 48.5 Å². The Morgan fingerprint density at radius 2 is 1.65 bits per heavy atom. The van der Waals surface area contributed by atoms with E-state index >= 15 is 0 Å². The molecule has 0 bridgehead atoms. The van der Waals surface area contributed by atoms with E-state index in [1.54, 1.807) is 24.3 Å². The number of carbonyl (C=O) groups excluding carboxylic acids is 1. The summed E-state index contributed by atoms with van der Waals surface area (Å²) in [6.45, 7) is 0.522. The zero-order valence-electron chi connectivity index (χ0n) is 14.1. The van der Waals surface area contributed by atoms with Crippen molar-refractivity contribution >= 4 is 11.9 Å². The minimum Gasteiger partial charge on any atom is -0.481 e. The number of likely N-dealkylation sites (tertiary alicyclic amines) is 1. The Kier molecular flexibility index (Phi) is 5.02. The first-order valence-corrected chi connectivity index (χ1v) is 8.43. The first-order chi connectivity index (χ1) is 12.4. The molecule has 0 radical (unpaired) electrons. The lowest BCUT2D eigenvalue weighted by atomic mass is 9.73. The molecule has 0 aliphatic carbocycles. The predicted octanol–water partition coefficient (Wildman–Crippen LogP) is 3.15. The van der Waals surface area contributed by atoms with E-state index in [4.69, 9.17) is 0 Å². The Labute approximate surface area is 150 Å². The molecule has 1 fully saturated rings. The number of amides is 1. The average molecular weight is 359 g/mol. The van der Waals surface area contributed by atoms with Crippen LogP contribution in [0.5, 0.6) is 0 Å². The van der Waals surface area contributed by atoms with Gasteiger partial charge in [0.15, 0.2) is 11.6 Å². The fourth-order valence-corrected chi connectivity index (χ4v) is 3.48. The van der Waals surface area contributed by atoms with Gasteiger partial charge in [0.05, 0.1) is 11.8 Å². The lowest BCUT2D eigenvalue weighted by Crippen LogP contribution is -2.49. The molecule has 2 aromatic rings. The van der Waals surface area contributed by atoms with E-state index in [0.717, 1.165) is 11.6 Å². The van der Waals surface area contributed by atoms with E-state index in [0.29, 0.717) is 0 Å². The highest BCUT2D eigenvalue weighted by molar-refractivity contribution is 5.83. The van der Waals surface area contributed by atoms with Gasteiger partial charge in [0.2, 0.25) is 5.91 Å². The van der Waals surface area contributed by atoms with Crippen molar-refractivity contribution in [2.24, 2.45) is 0 Å². The van der Waals surface area contributed by atoms with Gasteiger partial charge >= 0.3 is 5.97 Å². The van der Waals surface area contributed by atoms with E-state index in [-0.39, 0.29) is 43.8 Å². The topological polar surface area (TPSA) is 57.6 Å². The number of hydrogen-bond acceptors (Lipinski definition) is 2. The number of benzene rings is 2. The van der Waals surface area contributed by atoms with Gasteiger partial charge in [0.25, 0.3) is 0 Å². The molecule has 1 aliphatic heterocycles.